The molecule has 0 aliphatic rings. The smallest absolute Gasteiger partial charge is 0.387 e. The van der Waals surface area contributed by atoms with Crippen molar-refractivity contribution in [3.8, 4) is 5.75 Å². The summed E-state index contributed by atoms with van der Waals surface area (Å²) < 4.78 is 30.1. The maximum absolute atomic E-state index is 12.0. The van der Waals surface area contributed by atoms with Crippen LogP contribution in [0.3, 0.4) is 0 Å². The summed E-state index contributed by atoms with van der Waals surface area (Å²) in [5, 5.41) is 3.08. The van der Waals surface area contributed by atoms with Crippen LogP contribution >= 0.6 is 0 Å². The number of allylic oxidation sites excluding steroid dienone is 1. The summed E-state index contributed by atoms with van der Waals surface area (Å²) in [4.78, 5) is 4.15. The van der Waals surface area contributed by atoms with Gasteiger partial charge in [0, 0.05) is 24.6 Å². The van der Waals surface area contributed by atoms with Gasteiger partial charge >= 0.3 is 6.61 Å². The number of ether oxygens (including phenoxy) is 1. The molecule has 1 N–H and O–H groups in total. The van der Waals surface area contributed by atoms with Gasteiger partial charge in [-0.1, -0.05) is 6.08 Å². The van der Waals surface area contributed by atoms with Crippen LogP contribution in [0.1, 0.15) is 0 Å². The largest absolute Gasteiger partial charge is 0.435 e. The van der Waals surface area contributed by atoms with Crippen molar-refractivity contribution in [2.75, 3.05) is 5.32 Å². The number of benzene rings is 1. The topological polar surface area (TPSA) is 39.1 Å². The third-order valence-corrected chi connectivity index (χ3v) is 2.38. The molecule has 1 heterocycles. The number of hydrogen-bond acceptors (Lipinski definition) is 3. The van der Waals surface area contributed by atoms with E-state index in [-0.39, 0.29) is 5.75 Å². The highest BCUT2D eigenvalue weighted by atomic mass is 19.3. The molecule has 0 atom stereocenters. The van der Waals surface area contributed by atoms with Crippen LogP contribution in [-0.4, -0.2) is 16.2 Å². The second kappa shape index (κ2) is 5.99. The fourth-order valence-corrected chi connectivity index (χ4v) is 1.57. The molecule has 19 heavy (non-hydrogen) atoms. The number of rotatable bonds is 6. The average molecular weight is 265 g/mol. The summed E-state index contributed by atoms with van der Waals surface area (Å²) in [6, 6.07) is 6.22. The zero-order valence-corrected chi connectivity index (χ0v) is 10.1. The summed E-state index contributed by atoms with van der Waals surface area (Å²) in [6.07, 6.45) is 5.24. The highest BCUT2D eigenvalue weighted by molar-refractivity contribution is 5.54. The fraction of sp³-hybridized carbons (Fsp3) is 0.154. The Morgan fingerprint density at radius 1 is 1.37 bits per heavy atom. The van der Waals surface area contributed by atoms with Gasteiger partial charge in [-0.25, -0.2) is 4.98 Å². The van der Waals surface area contributed by atoms with E-state index in [9.17, 15) is 8.78 Å². The van der Waals surface area contributed by atoms with Crippen LogP contribution in [0.4, 0.5) is 20.4 Å². The Morgan fingerprint density at radius 3 is 2.74 bits per heavy atom. The van der Waals surface area contributed by atoms with Gasteiger partial charge in [0.05, 0.1) is 0 Å². The Kier molecular flexibility index (Phi) is 4.12. The quantitative estimate of drug-likeness (QED) is 0.813. The molecule has 0 fully saturated rings. The van der Waals surface area contributed by atoms with E-state index in [0.717, 1.165) is 5.69 Å². The molecule has 4 nitrogen and oxygen atoms in total. The van der Waals surface area contributed by atoms with E-state index < -0.39 is 6.61 Å². The molecule has 0 saturated carbocycles. The van der Waals surface area contributed by atoms with Crippen molar-refractivity contribution >= 4 is 11.6 Å². The SMILES string of the molecule is C=CCn1ccnc1Nc1ccc(OC(F)F)cc1. The maximum atomic E-state index is 12.0. The first-order valence-electron chi connectivity index (χ1n) is 5.63. The zero-order valence-electron chi connectivity index (χ0n) is 10.1. The first-order valence-corrected chi connectivity index (χ1v) is 5.63. The van der Waals surface area contributed by atoms with Crippen molar-refractivity contribution in [1.29, 1.82) is 0 Å². The van der Waals surface area contributed by atoms with E-state index in [1.165, 1.54) is 12.1 Å². The predicted octanol–water partition coefficient (Wildman–Crippen LogP) is 3.41. The summed E-state index contributed by atoms with van der Waals surface area (Å²) in [5.74, 6) is 0.775. The zero-order chi connectivity index (χ0) is 13.7. The summed E-state index contributed by atoms with van der Waals surface area (Å²) in [5.41, 5.74) is 0.734. The highest BCUT2D eigenvalue weighted by Crippen LogP contribution is 2.20. The van der Waals surface area contributed by atoms with Gasteiger partial charge in [-0.3, -0.25) is 0 Å². The molecular formula is C13H13F2N3O. The molecule has 0 bridgehead atoms. The van der Waals surface area contributed by atoms with Crippen molar-refractivity contribution in [3.05, 3.63) is 49.3 Å². The van der Waals surface area contributed by atoms with Crippen LogP contribution in [-0.2, 0) is 6.54 Å². The molecule has 0 aliphatic heterocycles. The number of hydrogen-bond donors (Lipinski definition) is 1. The van der Waals surface area contributed by atoms with Crippen molar-refractivity contribution in [3.63, 3.8) is 0 Å². The Balaban J connectivity index is 2.06. The van der Waals surface area contributed by atoms with E-state index >= 15 is 0 Å². The van der Waals surface area contributed by atoms with Crippen LogP contribution < -0.4 is 10.1 Å². The molecule has 0 aliphatic carbocycles. The number of nitrogens with one attached hydrogen (secondary N) is 1. The van der Waals surface area contributed by atoms with E-state index in [1.807, 2.05) is 10.8 Å². The van der Waals surface area contributed by atoms with E-state index in [4.69, 9.17) is 0 Å². The van der Waals surface area contributed by atoms with E-state index in [2.05, 4.69) is 21.6 Å². The minimum Gasteiger partial charge on any atom is -0.435 e. The van der Waals surface area contributed by atoms with Gasteiger partial charge in [0.25, 0.3) is 0 Å². The van der Waals surface area contributed by atoms with Gasteiger partial charge in [-0.05, 0) is 24.3 Å². The van der Waals surface area contributed by atoms with E-state index in [0.29, 0.717) is 12.5 Å². The Hall–Kier alpha value is -2.37. The van der Waals surface area contributed by atoms with Crippen molar-refractivity contribution < 1.29 is 13.5 Å². The minimum absolute atomic E-state index is 0.120. The number of nitrogens with zero attached hydrogens (tertiary/aromatic N) is 2. The standard InChI is InChI=1S/C13H13F2N3O/c1-2-8-18-9-7-16-13(18)17-10-3-5-11(6-4-10)19-12(14)15/h2-7,9,12H,1,8H2,(H,16,17). The second-order valence-corrected chi connectivity index (χ2v) is 3.72. The van der Waals surface area contributed by atoms with Crippen LogP contribution in [0.5, 0.6) is 5.75 Å². The lowest BCUT2D eigenvalue weighted by atomic mass is 10.3. The van der Waals surface area contributed by atoms with Gasteiger partial charge in [0.15, 0.2) is 0 Å². The normalized spacial score (nSPS) is 10.5. The Morgan fingerprint density at radius 2 is 2.11 bits per heavy atom. The Bertz CT molecular complexity index is 537. The molecule has 0 amide bonds. The molecular weight excluding hydrogens is 252 g/mol. The fourth-order valence-electron chi connectivity index (χ4n) is 1.57. The van der Waals surface area contributed by atoms with Gasteiger partial charge in [-0.15, -0.1) is 6.58 Å². The molecule has 0 radical (unpaired) electrons. The summed E-state index contributed by atoms with van der Waals surface area (Å²) >= 11 is 0. The molecule has 0 saturated heterocycles. The Labute approximate surface area is 109 Å². The number of halogens is 2. The number of anilines is 2. The summed E-state index contributed by atoms with van der Waals surface area (Å²) in [6.45, 7) is 1.48. The van der Waals surface area contributed by atoms with Crippen molar-refractivity contribution in [1.82, 2.24) is 9.55 Å². The second-order valence-electron chi connectivity index (χ2n) is 3.72. The van der Waals surface area contributed by atoms with Gasteiger partial charge in [-0.2, -0.15) is 8.78 Å². The van der Waals surface area contributed by atoms with Crippen LogP contribution in [0.2, 0.25) is 0 Å². The third kappa shape index (κ3) is 3.54. The van der Waals surface area contributed by atoms with Crippen LogP contribution in [0.15, 0.2) is 49.3 Å². The average Bonchev–Trinajstić information content (AvgIpc) is 2.79. The van der Waals surface area contributed by atoms with Crippen molar-refractivity contribution in [2.24, 2.45) is 0 Å². The molecule has 1 aromatic heterocycles. The minimum atomic E-state index is -2.81. The maximum Gasteiger partial charge on any atom is 0.387 e. The number of imidazole rings is 1. The molecule has 0 spiro atoms. The molecule has 100 valence electrons. The highest BCUT2D eigenvalue weighted by Gasteiger charge is 2.05. The number of alkyl halides is 2. The first kappa shape index (κ1) is 13.1. The molecule has 2 rings (SSSR count). The molecule has 0 unspecified atom stereocenters. The lowest BCUT2D eigenvalue weighted by Crippen LogP contribution is -2.03. The monoisotopic (exact) mass is 265 g/mol. The lowest BCUT2D eigenvalue weighted by molar-refractivity contribution is -0.0498. The molecule has 2 aromatic rings. The first-order chi connectivity index (χ1) is 9.19. The summed E-state index contributed by atoms with van der Waals surface area (Å²) in [7, 11) is 0. The number of aromatic nitrogens is 2. The van der Waals surface area contributed by atoms with Gasteiger partial charge < -0.3 is 14.6 Å². The van der Waals surface area contributed by atoms with Crippen LogP contribution in [0.25, 0.3) is 0 Å². The van der Waals surface area contributed by atoms with E-state index in [1.54, 1.807) is 24.4 Å². The third-order valence-electron chi connectivity index (χ3n) is 2.38. The lowest BCUT2D eigenvalue weighted by Gasteiger charge is -2.09. The molecule has 6 heteroatoms. The van der Waals surface area contributed by atoms with Crippen LogP contribution in [0, 0.1) is 0 Å². The predicted molar refractivity (Wildman–Crippen MR) is 68.8 cm³/mol. The van der Waals surface area contributed by atoms with Gasteiger partial charge in [0.2, 0.25) is 5.95 Å². The molecule has 1 aromatic carbocycles. The van der Waals surface area contributed by atoms with Crippen molar-refractivity contribution in [2.45, 2.75) is 13.2 Å². The van der Waals surface area contributed by atoms with Gasteiger partial charge in [0.1, 0.15) is 5.75 Å².